The average Bonchev–Trinajstić information content (AvgIpc) is 3.61. The van der Waals surface area contributed by atoms with E-state index in [1.54, 1.807) is 67.8 Å². The molecule has 0 radical (unpaired) electrons. The molecule has 46 heavy (non-hydrogen) atoms. The molecule has 232 valence electrons. The molecule has 0 saturated carbocycles. The van der Waals surface area contributed by atoms with Crippen molar-refractivity contribution in [2.45, 2.75) is 10.1 Å². The molecular formula is C36H31N3O5S2. The van der Waals surface area contributed by atoms with E-state index in [0.717, 1.165) is 15.3 Å². The highest BCUT2D eigenvalue weighted by Gasteiger charge is 2.24. The monoisotopic (exact) mass is 649 g/mol. The quantitative estimate of drug-likeness (QED) is 0.0948. The van der Waals surface area contributed by atoms with Crippen molar-refractivity contribution in [2.24, 2.45) is 0 Å². The van der Waals surface area contributed by atoms with Crippen LogP contribution in [0.25, 0.3) is 6.08 Å². The molecule has 5 rings (SSSR count). The van der Waals surface area contributed by atoms with E-state index in [4.69, 9.17) is 9.47 Å². The Morgan fingerprint density at radius 3 is 2.15 bits per heavy atom. The van der Waals surface area contributed by atoms with Crippen LogP contribution in [-0.4, -0.2) is 31.9 Å². The van der Waals surface area contributed by atoms with E-state index in [1.807, 2.05) is 66.0 Å². The molecule has 3 amide bonds. The van der Waals surface area contributed by atoms with E-state index in [1.165, 1.54) is 30.2 Å². The van der Waals surface area contributed by atoms with Crippen molar-refractivity contribution in [2.75, 3.05) is 24.9 Å². The molecular weight excluding hydrogens is 619 g/mol. The number of anilines is 2. The third-order valence-corrected chi connectivity index (χ3v) is 8.82. The van der Waals surface area contributed by atoms with Crippen LogP contribution in [0.2, 0.25) is 0 Å². The van der Waals surface area contributed by atoms with Crippen molar-refractivity contribution in [1.29, 1.82) is 0 Å². The summed E-state index contributed by atoms with van der Waals surface area (Å²) in [6, 6.07) is 34.3. The van der Waals surface area contributed by atoms with Crippen molar-refractivity contribution in [3.8, 4) is 11.5 Å². The topological polar surface area (TPSA) is 106 Å². The molecule has 1 aromatic heterocycles. The molecule has 0 aliphatic carbocycles. The van der Waals surface area contributed by atoms with Gasteiger partial charge in [0.25, 0.3) is 11.8 Å². The van der Waals surface area contributed by atoms with Crippen LogP contribution < -0.4 is 25.4 Å². The maximum Gasteiger partial charge on any atom is 0.272 e. The number of benzene rings is 4. The van der Waals surface area contributed by atoms with Gasteiger partial charge in [-0.3, -0.25) is 14.4 Å². The second-order valence-corrected chi connectivity index (χ2v) is 12.0. The summed E-state index contributed by atoms with van der Waals surface area (Å²) in [4.78, 5) is 41.5. The Kier molecular flexibility index (Phi) is 10.9. The predicted octanol–water partition coefficient (Wildman–Crippen LogP) is 7.65. The number of rotatable bonds is 12. The molecule has 1 heterocycles. The molecule has 4 aromatic carbocycles. The van der Waals surface area contributed by atoms with E-state index >= 15 is 0 Å². The van der Waals surface area contributed by atoms with Gasteiger partial charge in [0.2, 0.25) is 5.91 Å². The Bertz CT molecular complexity index is 1810. The summed E-state index contributed by atoms with van der Waals surface area (Å²) < 4.78 is 10.7. The normalized spacial score (nSPS) is 11.7. The van der Waals surface area contributed by atoms with Gasteiger partial charge < -0.3 is 25.4 Å². The molecule has 8 nitrogen and oxygen atoms in total. The minimum Gasteiger partial charge on any atom is -0.497 e. The molecule has 0 saturated heterocycles. The predicted molar refractivity (Wildman–Crippen MR) is 184 cm³/mol. The van der Waals surface area contributed by atoms with Gasteiger partial charge in [-0.1, -0.05) is 54.6 Å². The SMILES string of the molecule is COc1ccc(NC(=O)C(Sc2ccc(NC(=O)/C(=C/c3cccs3)NC(=O)c3ccccc3)cc2)c2ccccc2)c(OC)c1. The molecule has 1 unspecified atom stereocenters. The van der Waals surface area contributed by atoms with Gasteiger partial charge >= 0.3 is 0 Å². The van der Waals surface area contributed by atoms with Crippen molar-refractivity contribution in [3.05, 3.63) is 142 Å². The number of ether oxygens (including phenoxy) is 2. The maximum absolute atomic E-state index is 13.6. The summed E-state index contributed by atoms with van der Waals surface area (Å²) in [6.45, 7) is 0. The maximum atomic E-state index is 13.6. The summed E-state index contributed by atoms with van der Waals surface area (Å²) in [5.74, 6) is 0.0196. The Hall–Kier alpha value is -5.32. The van der Waals surface area contributed by atoms with Gasteiger partial charge in [-0.05, 0) is 71.6 Å². The Morgan fingerprint density at radius 2 is 1.50 bits per heavy atom. The molecule has 1 atom stereocenters. The number of thiophene rings is 1. The van der Waals surface area contributed by atoms with E-state index in [9.17, 15) is 14.4 Å². The molecule has 0 aliphatic heterocycles. The average molecular weight is 650 g/mol. The molecule has 5 aromatic rings. The molecule has 0 fully saturated rings. The fourth-order valence-corrected chi connectivity index (χ4v) is 6.09. The summed E-state index contributed by atoms with van der Waals surface area (Å²) in [6.07, 6.45) is 1.64. The summed E-state index contributed by atoms with van der Waals surface area (Å²) in [7, 11) is 3.10. The van der Waals surface area contributed by atoms with Gasteiger partial charge in [0, 0.05) is 27.1 Å². The van der Waals surface area contributed by atoms with E-state index in [2.05, 4.69) is 16.0 Å². The number of methoxy groups -OCH3 is 2. The van der Waals surface area contributed by atoms with Crippen LogP contribution >= 0.6 is 23.1 Å². The van der Waals surface area contributed by atoms with Gasteiger partial charge in [-0.15, -0.1) is 23.1 Å². The smallest absolute Gasteiger partial charge is 0.272 e. The molecule has 0 spiro atoms. The van der Waals surface area contributed by atoms with Crippen LogP contribution in [0.4, 0.5) is 11.4 Å². The lowest BCUT2D eigenvalue weighted by atomic mass is 10.1. The van der Waals surface area contributed by atoms with Crippen LogP contribution in [0.3, 0.4) is 0 Å². The second-order valence-electron chi connectivity index (χ2n) is 9.84. The van der Waals surface area contributed by atoms with E-state index in [0.29, 0.717) is 28.4 Å². The first-order valence-electron chi connectivity index (χ1n) is 14.2. The fraction of sp³-hybridized carbons (Fsp3) is 0.0833. The third kappa shape index (κ3) is 8.44. The molecule has 3 N–H and O–H groups in total. The Balaban J connectivity index is 1.31. The van der Waals surface area contributed by atoms with Crippen molar-refractivity contribution < 1.29 is 23.9 Å². The largest absolute Gasteiger partial charge is 0.497 e. The summed E-state index contributed by atoms with van der Waals surface area (Å²) >= 11 is 2.83. The minimum atomic E-state index is -0.582. The number of amides is 3. The highest BCUT2D eigenvalue weighted by atomic mass is 32.2. The number of hydrogen-bond acceptors (Lipinski definition) is 7. The lowest BCUT2D eigenvalue weighted by Crippen LogP contribution is -2.30. The van der Waals surface area contributed by atoms with Crippen molar-refractivity contribution >= 4 is 58.3 Å². The summed E-state index contributed by atoms with van der Waals surface area (Å²) in [5, 5.41) is 9.92. The van der Waals surface area contributed by atoms with Gasteiger partial charge in [-0.25, -0.2) is 0 Å². The molecule has 0 bridgehead atoms. The van der Waals surface area contributed by atoms with Crippen LogP contribution in [0.1, 0.15) is 26.0 Å². The lowest BCUT2D eigenvalue weighted by Gasteiger charge is -2.19. The van der Waals surface area contributed by atoms with Crippen LogP contribution in [0.15, 0.2) is 131 Å². The second kappa shape index (κ2) is 15.6. The molecule has 10 heteroatoms. The third-order valence-electron chi connectivity index (χ3n) is 6.73. The zero-order chi connectivity index (χ0) is 32.3. The van der Waals surface area contributed by atoms with Crippen molar-refractivity contribution in [3.63, 3.8) is 0 Å². The van der Waals surface area contributed by atoms with Crippen LogP contribution in [0, 0.1) is 0 Å². The van der Waals surface area contributed by atoms with Crippen LogP contribution in [0.5, 0.6) is 11.5 Å². The van der Waals surface area contributed by atoms with E-state index < -0.39 is 11.2 Å². The first kappa shape index (κ1) is 32.1. The zero-order valence-corrected chi connectivity index (χ0v) is 26.7. The Morgan fingerprint density at radius 1 is 0.783 bits per heavy atom. The summed E-state index contributed by atoms with van der Waals surface area (Å²) in [5.41, 5.74) is 2.44. The highest BCUT2D eigenvalue weighted by molar-refractivity contribution is 8.00. The lowest BCUT2D eigenvalue weighted by molar-refractivity contribution is -0.116. The number of thioether (sulfide) groups is 1. The first-order valence-corrected chi connectivity index (χ1v) is 16.0. The first-order chi connectivity index (χ1) is 22.4. The van der Waals surface area contributed by atoms with Gasteiger partial charge in [0.1, 0.15) is 22.4 Å². The number of nitrogens with one attached hydrogen (secondary N) is 3. The van der Waals surface area contributed by atoms with Gasteiger partial charge in [-0.2, -0.15) is 0 Å². The number of hydrogen-bond donors (Lipinski definition) is 3. The fourth-order valence-electron chi connectivity index (χ4n) is 4.41. The zero-order valence-electron chi connectivity index (χ0n) is 25.1. The molecule has 0 aliphatic rings. The van der Waals surface area contributed by atoms with Gasteiger partial charge in [0.05, 0.1) is 19.9 Å². The number of carbonyl (C=O) groups excluding carboxylic acids is 3. The van der Waals surface area contributed by atoms with Crippen molar-refractivity contribution in [1.82, 2.24) is 5.32 Å². The van der Waals surface area contributed by atoms with Crippen LogP contribution in [-0.2, 0) is 9.59 Å². The van der Waals surface area contributed by atoms with E-state index in [-0.39, 0.29) is 17.5 Å². The standard InChI is InChI=1S/C36H31N3O5S2/c1-43-27-17-20-30(32(22-27)44-2)38-36(42)33(24-10-5-3-6-11-24)46-28-18-15-26(16-19-28)37-35(41)31(23-29-14-9-21-45-29)39-34(40)25-12-7-4-8-13-25/h3-23,33H,1-2H3,(H,37,41)(H,38,42)(H,39,40)/b31-23-. The van der Waals surface area contributed by atoms with Gasteiger partial charge in [0.15, 0.2) is 0 Å². The minimum absolute atomic E-state index is 0.115. The highest BCUT2D eigenvalue weighted by Crippen LogP contribution is 2.38. The number of carbonyl (C=O) groups is 3. The Labute approximate surface area is 275 Å².